The van der Waals surface area contributed by atoms with Gasteiger partial charge in [0.25, 0.3) is 0 Å². The summed E-state index contributed by atoms with van der Waals surface area (Å²) in [4.78, 5) is 12.0. The van der Waals surface area contributed by atoms with Crippen molar-refractivity contribution in [2.75, 3.05) is 0 Å². The Morgan fingerprint density at radius 2 is 2.31 bits per heavy atom. The van der Waals surface area contributed by atoms with Crippen LogP contribution in [0.3, 0.4) is 0 Å². The zero-order chi connectivity index (χ0) is 10.3. The molecule has 0 amide bonds. The van der Waals surface area contributed by atoms with Gasteiger partial charge in [-0.05, 0) is 22.6 Å². The van der Waals surface area contributed by atoms with Crippen LogP contribution in [0, 0.1) is 5.53 Å². The Balaban J connectivity index is 0.000000424. The minimum absolute atomic E-state index is 0.0231. The van der Waals surface area contributed by atoms with Crippen LogP contribution in [-0.4, -0.2) is 11.1 Å². The van der Waals surface area contributed by atoms with E-state index in [0.717, 1.165) is 0 Å². The number of carboxylic acid groups (broad SMARTS) is 1. The van der Waals surface area contributed by atoms with Gasteiger partial charge in [-0.3, -0.25) is 0 Å². The lowest BCUT2D eigenvalue weighted by atomic mass is 10.2. The highest BCUT2D eigenvalue weighted by Crippen LogP contribution is 2.11. The number of carboxylic acids is 1. The van der Waals surface area contributed by atoms with E-state index in [0.29, 0.717) is 5.76 Å². The first-order valence-electron chi connectivity index (χ1n) is 3.10. The quantitative estimate of drug-likeness (QED) is 0.316. The second-order valence-corrected chi connectivity index (χ2v) is 1.86. The lowest BCUT2D eigenvalue weighted by Crippen LogP contribution is -1.95. The van der Waals surface area contributed by atoms with Gasteiger partial charge in [-0.2, -0.15) is 0 Å². The predicted molar refractivity (Wildman–Crippen MR) is 44.8 cm³/mol. The predicted octanol–water partition coefficient (Wildman–Crippen LogP) is 2.25. The van der Waals surface area contributed by atoms with Crippen molar-refractivity contribution in [1.82, 2.24) is 0 Å². The van der Waals surface area contributed by atoms with Gasteiger partial charge in [0.15, 0.2) is 0 Å². The second kappa shape index (κ2) is 5.45. The average molecular weight is 181 g/mol. The standard InChI is InChI=1S/C7H6O3.HN3/c1-5(7(8)9)6-3-2-4-10-6;1-3-2/h2-4H,1H2,(H,8,9);1H. The molecule has 0 fully saturated rings. The van der Waals surface area contributed by atoms with Crippen LogP contribution in [0.4, 0.5) is 0 Å². The molecule has 0 atom stereocenters. The highest BCUT2D eigenvalue weighted by atomic mass is 16.4. The fourth-order valence-electron chi connectivity index (χ4n) is 0.556. The van der Waals surface area contributed by atoms with E-state index in [1.54, 1.807) is 17.0 Å². The highest BCUT2D eigenvalue weighted by Gasteiger charge is 2.08. The summed E-state index contributed by atoms with van der Waals surface area (Å²) in [7, 11) is 0. The average Bonchev–Trinajstić information content (AvgIpc) is 2.56. The third-order valence-electron chi connectivity index (χ3n) is 1.08. The van der Waals surface area contributed by atoms with Gasteiger partial charge < -0.3 is 9.52 Å². The Bertz CT molecular complexity index is 323. The van der Waals surface area contributed by atoms with Gasteiger partial charge in [-0.15, -0.1) is 5.53 Å². The first-order chi connectivity index (χ1) is 6.13. The van der Waals surface area contributed by atoms with Crippen LogP contribution < -0.4 is 0 Å². The summed E-state index contributed by atoms with van der Waals surface area (Å²) in [6.45, 7) is 3.30. The summed E-state index contributed by atoms with van der Waals surface area (Å²) in [5, 5.41) is 8.39. The topological polar surface area (TPSA) is 111 Å². The maximum atomic E-state index is 10.2. The van der Waals surface area contributed by atoms with Gasteiger partial charge in [0.2, 0.25) is 0 Å². The van der Waals surface area contributed by atoms with Crippen LogP contribution in [0.2, 0.25) is 0 Å². The molecule has 6 heteroatoms. The molecule has 0 radical (unpaired) electrons. The summed E-state index contributed by atoms with van der Waals surface area (Å²) in [6, 6.07) is 3.17. The molecule has 13 heavy (non-hydrogen) atoms. The van der Waals surface area contributed by atoms with Crippen molar-refractivity contribution < 1.29 is 14.3 Å². The van der Waals surface area contributed by atoms with E-state index in [1.807, 2.05) is 0 Å². The van der Waals surface area contributed by atoms with E-state index in [4.69, 9.17) is 20.6 Å². The van der Waals surface area contributed by atoms with Crippen LogP contribution in [0.5, 0.6) is 0 Å². The number of nitrogens with one attached hydrogen (secondary N) is 1. The Kier molecular flexibility index (Phi) is 4.53. The molecule has 0 bridgehead atoms. The Morgan fingerprint density at radius 1 is 1.77 bits per heavy atom. The van der Waals surface area contributed by atoms with E-state index in [2.05, 4.69) is 6.58 Å². The fraction of sp³-hybridized carbons (Fsp3) is 0. The van der Waals surface area contributed by atoms with Crippen molar-refractivity contribution >= 4 is 11.5 Å². The summed E-state index contributed by atoms with van der Waals surface area (Å²) in [6.07, 6.45) is 1.41. The molecule has 1 heterocycles. The molecule has 0 saturated heterocycles. The van der Waals surface area contributed by atoms with Gasteiger partial charge in [0.05, 0.1) is 11.8 Å². The van der Waals surface area contributed by atoms with E-state index in [-0.39, 0.29) is 5.57 Å². The van der Waals surface area contributed by atoms with Gasteiger partial charge in [0.1, 0.15) is 5.76 Å². The Labute approximate surface area is 73.5 Å². The van der Waals surface area contributed by atoms with Gasteiger partial charge in [-0.25, -0.2) is 4.79 Å². The largest absolute Gasteiger partial charge is 0.478 e. The number of carbonyl (C=O) groups is 1. The molecule has 0 aromatic carbocycles. The molecule has 0 aliphatic rings. The smallest absolute Gasteiger partial charge is 0.338 e. The maximum absolute atomic E-state index is 10.2. The van der Waals surface area contributed by atoms with Crippen molar-refractivity contribution in [3.05, 3.63) is 41.2 Å². The molecule has 1 rings (SSSR count). The third-order valence-corrected chi connectivity index (χ3v) is 1.08. The molecular weight excluding hydrogens is 174 g/mol. The number of hydrogen-bond acceptors (Lipinski definition) is 3. The summed E-state index contributed by atoms with van der Waals surface area (Å²) < 4.78 is 4.78. The molecular formula is C7H7N3O3. The minimum atomic E-state index is -1.06. The fourth-order valence-corrected chi connectivity index (χ4v) is 0.556. The normalized spacial score (nSPS) is 7.69. The van der Waals surface area contributed by atoms with Crippen molar-refractivity contribution in [3.63, 3.8) is 0 Å². The number of nitrogens with zero attached hydrogens (tertiary/aromatic N) is 2. The summed E-state index contributed by atoms with van der Waals surface area (Å²) >= 11 is 0. The van der Waals surface area contributed by atoms with E-state index < -0.39 is 5.97 Å². The summed E-state index contributed by atoms with van der Waals surface area (Å²) in [5.41, 5.74) is 12.2. The van der Waals surface area contributed by atoms with Crippen LogP contribution in [0.15, 0.2) is 29.4 Å². The zero-order valence-corrected chi connectivity index (χ0v) is 6.60. The lowest BCUT2D eigenvalue weighted by molar-refractivity contribution is -0.130. The second-order valence-electron chi connectivity index (χ2n) is 1.86. The van der Waals surface area contributed by atoms with Gasteiger partial charge in [-0.1, -0.05) is 6.58 Å². The zero-order valence-electron chi connectivity index (χ0n) is 6.60. The van der Waals surface area contributed by atoms with E-state index in [9.17, 15) is 4.79 Å². The molecule has 0 aliphatic carbocycles. The van der Waals surface area contributed by atoms with Crippen molar-refractivity contribution in [3.8, 4) is 0 Å². The lowest BCUT2D eigenvalue weighted by Gasteiger charge is -1.91. The van der Waals surface area contributed by atoms with E-state index in [1.165, 1.54) is 6.26 Å². The number of rotatable bonds is 2. The highest BCUT2D eigenvalue weighted by molar-refractivity contribution is 6.13. The molecule has 0 saturated carbocycles. The molecule has 1 aromatic rings. The SMILES string of the molecule is C=C(C(=O)O)c1ccco1.[N-]=[N+]=N. The first kappa shape index (κ1) is 10.8. The Morgan fingerprint density at radius 3 is 2.62 bits per heavy atom. The number of aliphatic carboxylic acids is 1. The molecule has 1 aromatic heterocycles. The van der Waals surface area contributed by atoms with Crippen LogP contribution in [0.1, 0.15) is 5.76 Å². The summed E-state index contributed by atoms with van der Waals surface area (Å²) in [5.74, 6) is -0.762. The van der Waals surface area contributed by atoms with Crippen LogP contribution in [-0.2, 0) is 4.79 Å². The maximum Gasteiger partial charge on any atom is 0.338 e. The van der Waals surface area contributed by atoms with Crippen LogP contribution >= 0.6 is 0 Å². The third kappa shape index (κ3) is 3.64. The molecule has 0 unspecified atom stereocenters. The number of furan rings is 1. The molecule has 6 nitrogen and oxygen atoms in total. The molecule has 0 aliphatic heterocycles. The number of hydrogen-bond donors (Lipinski definition) is 2. The molecule has 2 N–H and O–H groups in total. The minimum Gasteiger partial charge on any atom is -0.478 e. The monoisotopic (exact) mass is 181 g/mol. The Hall–Kier alpha value is -2.20. The molecule has 0 spiro atoms. The van der Waals surface area contributed by atoms with Crippen molar-refractivity contribution in [2.24, 2.45) is 0 Å². The molecule has 68 valence electrons. The van der Waals surface area contributed by atoms with Crippen molar-refractivity contribution in [2.45, 2.75) is 0 Å². The van der Waals surface area contributed by atoms with Gasteiger partial charge in [0, 0.05) is 0 Å². The van der Waals surface area contributed by atoms with Gasteiger partial charge >= 0.3 is 5.97 Å². The van der Waals surface area contributed by atoms with E-state index >= 15 is 0 Å². The first-order valence-corrected chi connectivity index (χ1v) is 3.10. The van der Waals surface area contributed by atoms with Crippen molar-refractivity contribution in [1.29, 1.82) is 5.53 Å². The van der Waals surface area contributed by atoms with Crippen LogP contribution in [0.25, 0.3) is 16.0 Å².